The summed E-state index contributed by atoms with van der Waals surface area (Å²) in [5, 5.41) is 3.34. The molecule has 22 heavy (non-hydrogen) atoms. The largest absolute Gasteiger partial charge is 0.367 e. The van der Waals surface area contributed by atoms with Crippen LogP contribution in [-0.2, 0) is 0 Å². The first-order valence-electron chi connectivity index (χ1n) is 7.80. The summed E-state index contributed by atoms with van der Waals surface area (Å²) < 4.78 is 0. The van der Waals surface area contributed by atoms with Crippen LogP contribution in [0.1, 0.15) is 32.4 Å². The molecule has 0 saturated heterocycles. The molecule has 0 unspecified atom stereocenters. The first-order valence-corrected chi connectivity index (χ1v) is 7.80. The molecule has 1 aliphatic carbocycles. The molecule has 1 aliphatic rings. The molecule has 0 bridgehead atoms. The maximum Gasteiger partial charge on any atom is 0.145 e. The molecule has 0 saturated carbocycles. The fourth-order valence-electron chi connectivity index (χ4n) is 2.55. The second-order valence-electron chi connectivity index (χ2n) is 5.76. The monoisotopic (exact) mass is 291 g/mol. The van der Waals surface area contributed by atoms with Crippen LogP contribution >= 0.6 is 0 Å². The summed E-state index contributed by atoms with van der Waals surface area (Å²) in [5.74, 6) is 0.824. The highest BCUT2D eigenvalue weighted by molar-refractivity contribution is 5.82. The molecule has 0 fully saturated rings. The van der Waals surface area contributed by atoms with Crippen molar-refractivity contribution in [1.82, 2.24) is 9.97 Å². The first-order chi connectivity index (χ1) is 10.7. The lowest BCUT2D eigenvalue weighted by atomic mass is 9.99. The van der Waals surface area contributed by atoms with Crippen LogP contribution in [0, 0.1) is 0 Å². The fourth-order valence-corrected chi connectivity index (χ4v) is 2.55. The van der Waals surface area contributed by atoms with Crippen LogP contribution in [0.25, 0.3) is 16.8 Å². The lowest BCUT2D eigenvalue weighted by molar-refractivity contribution is 0.884. The minimum atomic E-state index is 0.334. The summed E-state index contributed by atoms with van der Waals surface area (Å²) >= 11 is 0. The van der Waals surface area contributed by atoms with Gasteiger partial charge in [-0.3, -0.25) is 4.98 Å². The molecule has 3 rings (SSSR count). The van der Waals surface area contributed by atoms with E-state index in [-0.39, 0.29) is 0 Å². The van der Waals surface area contributed by atoms with E-state index in [4.69, 9.17) is 4.98 Å². The zero-order valence-electron chi connectivity index (χ0n) is 13.1. The Hall–Kier alpha value is -2.42. The average Bonchev–Trinajstić information content (AvgIpc) is 2.56. The SMILES string of the molecule is CC(C)Nc1cnc(-c2ccccc2)c(C2=CCCC=C2)n1. The Balaban J connectivity index is 2.09. The zero-order chi connectivity index (χ0) is 15.4. The van der Waals surface area contributed by atoms with E-state index in [1.165, 1.54) is 0 Å². The van der Waals surface area contributed by atoms with Gasteiger partial charge in [-0.15, -0.1) is 0 Å². The smallest absolute Gasteiger partial charge is 0.145 e. The van der Waals surface area contributed by atoms with Crippen molar-refractivity contribution < 1.29 is 0 Å². The number of hydrogen-bond acceptors (Lipinski definition) is 3. The third-order valence-corrected chi connectivity index (χ3v) is 3.52. The summed E-state index contributed by atoms with van der Waals surface area (Å²) in [6.07, 6.45) is 10.6. The van der Waals surface area contributed by atoms with Crippen molar-refractivity contribution in [3.8, 4) is 11.3 Å². The van der Waals surface area contributed by atoms with Crippen LogP contribution in [0.4, 0.5) is 5.82 Å². The molecule has 112 valence electrons. The van der Waals surface area contributed by atoms with Crippen LogP contribution in [-0.4, -0.2) is 16.0 Å². The minimum Gasteiger partial charge on any atom is -0.367 e. The predicted octanol–water partition coefficient (Wildman–Crippen LogP) is 4.70. The summed E-state index contributed by atoms with van der Waals surface area (Å²) in [4.78, 5) is 9.50. The molecule has 2 aromatic rings. The van der Waals surface area contributed by atoms with E-state index in [1.807, 2.05) is 24.4 Å². The summed E-state index contributed by atoms with van der Waals surface area (Å²) in [7, 11) is 0. The first kappa shape index (κ1) is 14.5. The van der Waals surface area contributed by atoms with Gasteiger partial charge in [-0.05, 0) is 32.3 Å². The Morgan fingerprint density at radius 2 is 1.86 bits per heavy atom. The van der Waals surface area contributed by atoms with Crippen molar-refractivity contribution in [2.24, 2.45) is 0 Å². The normalized spacial score (nSPS) is 14.0. The summed E-state index contributed by atoms with van der Waals surface area (Å²) in [5.41, 5.74) is 4.14. The van der Waals surface area contributed by atoms with Gasteiger partial charge in [0.2, 0.25) is 0 Å². The molecule has 1 heterocycles. The number of rotatable bonds is 4. The number of aromatic nitrogens is 2. The maximum absolute atomic E-state index is 4.82. The van der Waals surface area contributed by atoms with E-state index in [0.29, 0.717) is 6.04 Å². The predicted molar refractivity (Wildman–Crippen MR) is 92.6 cm³/mol. The maximum atomic E-state index is 4.82. The highest BCUT2D eigenvalue weighted by Gasteiger charge is 2.14. The van der Waals surface area contributed by atoms with Gasteiger partial charge in [0.1, 0.15) is 5.82 Å². The molecule has 3 heteroatoms. The van der Waals surface area contributed by atoms with Gasteiger partial charge in [-0.2, -0.15) is 0 Å². The molecule has 0 aliphatic heterocycles. The van der Waals surface area contributed by atoms with Gasteiger partial charge in [0.15, 0.2) is 0 Å². The second-order valence-corrected chi connectivity index (χ2v) is 5.76. The van der Waals surface area contributed by atoms with Crippen molar-refractivity contribution in [1.29, 1.82) is 0 Å². The molecule has 0 spiro atoms. The van der Waals surface area contributed by atoms with Gasteiger partial charge in [0, 0.05) is 11.6 Å². The Kier molecular flexibility index (Phi) is 4.33. The van der Waals surface area contributed by atoms with Gasteiger partial charge in [-0.25, -0.2) is 4.98 Å². The van der Waals surface area contributed by atoms with Crippen molar-refractivity contribution in [2.75, 3.05) is 5.32 Å². The van der Waals surface area contributed by atoms with E-state index in [9.17, 15) is 0 Å². The van der Waals surface area contributed by atoms with Gasteiger partial charge >= 0.3 is 0 Å². The quantitative estimate of drug-likeness (QED) is 0.887. The van der Waals surface area contributed by atoms with Crippen LogP contribution in [0.5, 0.6) is 0 Å². The van der Waals surface area contributed by atoms with Crippen LogP contribution in [0.3, 0.4) is 0 Å². The number of nitrogens with one attached hydrogen (secondary N) is 1. The number of benzene rings is 1. The fraction of sp³-hybridized carbons (Fsp3) is 0.263. The van der Waals surface area contributed by atoms with Gasteiger partial charge in [-0.1, -0.05) is 48.6 Å². The molecular weight excluding hydrogens is 270 g/mol. The Labute approximate surface area is 131 Å². The van der Waals surface area contributed by atoms with Crippen molar-refractivity contribution >= 4 is 11.4 Å². The number of allylic oxidation sites excluding steroid dienone is 4. The minimum absolute atomic E-state index is 0.334. The molecule has 0 radical (unpaired) electrons. The van der Waals surface area contributed by atoms with E-state index in [0.717, 1.165) is 41.2 Å². The zero-order valence-corrected chi connectivity index (χ0v) is 13.1. The van der Waals surface area contributed by atoms with E-state index in [1.54, 1.807) is 0 Å². The van der Waals surface area contributed by atoms with Gasteiger partial charge in [0.05, 0.1) is 17.6 Å². The molecule has 3 nitrogen and oxygen atoms in total. The summed E-state index contributed by atoms with van der Waals surface area (Å²) in [6, 6.07) is 10.6. The number of anilines is 1. The van der Waals surface area contributed by atoms with Gasteiger partial charge in [0.25, 0.3) is 0 Å². The molecule has 0 amide bonds. The molecule has 1 N–H and O–H groups in total. The molecule has 0 atom stereocenters. The van der Waals surface area contributed by atoms with Crippen molar-refractivity contribution in [3.63, 3.8) is 0 Å². The molecular formula is C19H21N3. The third-order valence-electron chi connectivity index (χ3n) is 3.52. The number of hydrogen-bond donors (Lipinski definition) is 1. The van der Waals surface area contributed by atoms with Crippen molar-refractivity contribution in [3.05, 3.63) is 60.5 Å². The Morgan fingerprint density at radius 1 is 1.05 bits per heavy atom. The van der Waals surface area contributed by atoms with E-state index < -0.39 is 0 Å². The van der Waals surface area contributed by atoms with Crippen LogP contribution in [0.2, 0.25) is 0 Å². The number of nitrogens with zero attached hydrogens (tertiary/aromatic N) is 2. The highest BCUT2D eigenvalue weighted by Crippen LogP contribution is 2.29. The lowest BCUT2D eigenvalue weighted by Gasteiger charge is -2.15. The third kappa shape index (κ3) is 3.25. The average molecular weight is 291 g/mol. The van der Waals surface area contributed by atoms with E-state index >= 15 is 0 Å². The standard InChI is InChI=1S/C19H21N3/c1-14(2)21-17-13-20-18(15-9-5-3-6-10-15)19(22-17)16-11-7-4-8-12-16/h3,5-7,9-14H,4,8H2,1-2H3,(H,21,22). The molecule has 1 aromatic carbocycles. The second kappa shape index (κ2) is 6.56. The van der Waals surface area contributed by atoms with E-state index in [2.05, 4.69) is 54.5 Å². The lowest BCUT2D eigenvalue weighted by Crippen LogP contribution is -2.12. The molecule has 1 aromatic heterocycles. The van der Waals surface area contributed by atoms with Crippen LogP contribution in [0.15, 0.2) is 54.8 Å². The topological polar surface area (TPSA) is 37.8 Å². The summed E-state index contributed by atoms with van der Waals surface area (Å²) in [6.45, 7) is 4.21. The Morgan fingerprint density at radius 3 is 2.55 bits per heavy atom. The van der Waals surface area contributed by atoms with Crippen LogP contribution < -0.4 is 5.32 Å². The van der Waals surface area contributed by atoms with Gasteiger partial charge < -0.3 is 5.32 Å². The van der Waals surface area contributed by atoms with Crippen molar-refractivity contribution in [2.45, 2.75) is 32.7 Å². The Bertz CT molecular complexity index is 700. The highest BCUT2D eigenvalue weighted by atomic mass is 15.0.